The van der Waals surface area contributed by atoms with Crippen LogP contribution in [0.1, 0.15) is 27.2 Å². The van der Waals surface area contributed by atoms with Crippen LogP contribution in [0, 0.1) is 5.92 Å². The first-order valence-corrected chi connectivity index (χ1v) is 6.32. The van der Waals surface area contributed by atoms with Crippen molar-refractivity contribution < 1.29 is 9.53 Å². The van der Waals surface area contributed by atoms with Crippen LogP contribution >= 0.6 is 11.6 Å². The number of hydrogen-bond acceptors (Lipinski definition) is 4. The van der Waals surface area contributed by atoms with Gasteiger partial charge in [0.1, 0.15) is 0 Å². The number of carbonyl (C=O) groups excluding carboxylic acids is 1. The van der Waals surface area contributed by atoms with Gasteiger partial charge in [-0.05, 0) is 12.8 Å². The van der Waals surface area contributed by atoms with Gasteiger partial charge in [0.15, 0.2) is 11.0 Å². The summed E-state index contributed by atoms with van der Waals surface area (Å²) in [5.41, 5.74) is 0. The van der Waals surface area contributed by atoms with Crippen molar-refractivity contribution in [2.45, 2.75) is 33.7 Å². The number of halogens is 1. The fourth-order valence-electron chi connectivity index (χ4n) is 1.39. The number of esters is 1. The molecule has 0 fully saturated rings. The van der Waals surface area contributed by atoms with Crippen molar-refractivity contribution >= 4 is 29.6 Å². The molecule has 1 aromatic rings. The van der Waals surface area contributed by atoms with Crippen LogP contribution in [0.5, 0.6) is 0 Å². The zero-order valence-corrected chi connectivity index (χ0v) is 11.6. The van der Waals surface area contributed by atoms with E-state index in [1.54, 1.807) is 17.7 Å². The summed E-state index contributed by atoms with van der Waals surface area (Å²) >= 11 is 5.84. The third-order valence-electron chi connectivity index (χ3n) is 2.05. The Morgan fingerprint density at radius 3 is 3.00 bits per heavy atom. The van der Waals surface area contributed by atoms with E-state index in [4.69, 9.17) is 16.3 Å². The van der Waals surface area contributed by atoms with Crippen LogP contribution in [0.4, 0.5) is 5.82 Å². The number of aromatic nitrogens is 2. The summed E-state index contributed by atoms with van der Waals surface area (Å²) in [6.45, 7) is 7.05. The standard InChI is InChI=1S/C12H18ClN3O2/c1-4-18-12(17)5-6-14-11-7-10(13)15-16(11)8-9(2)3/h6-7,9H,4-5,8H2,1-3H3. The van der Waals surface area contributed by atoms with Crippen LogP contribution < -0.4 is 0 Å². The van der Waals surface area contributed by atoms with E-state index in [1.807, 2.05) is 0 Å². The lowest BCUT2D eigenvalue weighted by atomic mass is 10.2. The van der Waals surface area contributed by atoms with Gasteiger partial charge in [0.2, 0.25) is 0 Å². The van der Waals surface area contributed by atoms with E-state index in [1.165, 1.54) is 6.21 Å². The van der Waals surface area contributed by atoms with Crippen LogP contribution in [0.3, 0.4) is 0 Å². The number of rotatable bonds is 6. The number of hydrogen-bond donors (Lipinski definition) is 0. The summed E-state index contributed by atoms with van der Waals surface area (Å²) in [5.74, 6) is 0.806. The summed E-state index contributed by atoms with van der Waals surface area (Å²) < 4.78 is 6.53. The zero-order valence-electron chi connectivity index (χ0n) is 10.9. The molecule has 0 aliphatic heterocycles. The average Bonchev–Trinajstić information content (AvgIpc) is 2.58. The van der Waals surface area contributed by atoms with Gasteiger partial charge < -0.3 is 4.74 Å². The molecule has 6 heteroatoms. The Morgan fingerprint density at radius 2 is 2.39 bits per heavy atom. The Kier molecular flexibility index (Phi) is 5.85. The van der Waals surface area contributed by atoms with Crippen molar-refractivity contribution in [1.29, 1.82) is 0 Å². The first-order chi connectivity index (χ1) is 8.52. The summed E-state index contributed by atoms with van der Waals surface area (Å²) in [4.78, 5) is 15.3. The Labute approximate surface area is 112 Å². The van der Waals surface area contributed by atoms with E-state index in [9.17, 15) is 4.79 Å². The lowest BCUT2D eigenvalue weighted by Gasteiger charge is -2.06. The largest absolute Gasteiger partial charge is 0.466 e. The van der Waals surface area contributed by atoms with Crippen LogP contribution in [0.2, 0.25) is 5.15 Å². The van der Waals surface area contributed by atoms with E-state index >= 15 is 0 Å². The SMILES string of the molecule is CCOC(=O)CC=Nc1cc(Cl)nn1CC(C)C. The summed E-state index contributed by atoms with van der Waals surface area (Å²) in [7, 11) is 0. The molecule has 0 aliphatic rings. The molecule has 5 nitrogen and oxygen atoms in total. The van der Waals surface area contributed by atoms with E-state index < -0.39 is 0 Å². The minimum Gasteiger partial charge on any atom is -0.466 e. The Bertz CT molecular complexity index is 427. The van der Waals surface area contributed by atoms with Gasteiger partial charge >= 0.3 is 5.97 Å². The quantitative estimate of drug-likeness (QED) is 0.590. The van der Waals surface area contributed by atoms with Crippen molar-refractivity contribution in [3.05, 3.63) is 11.2 Å². The normalized spacial score (nSPS) is 11.4. The predicted molar refractivity (Wildman–Crippen MR) is 71.5 cm³/mol. The highest BCUT2D eigenvalue weighted by Crippen LogP contribution is 2.19. The molecule has 100 valence electrons. The fraction of sp³-hybridized carbons (Fsp3) is 0.583. The van der Waals surface area contributed by atoms with Crippen LogP contribution in [0.25, 0.3) is 0 Å². The van der Waals surface area contributed by atoms with Gasteiger partial charge in [-0.2, -0.15) is 5.10 Å². The topological polar surface area (TPSA) is 56.5 Å². The smallest absolute Gasteiger partial charge is 0.311 e. The molecule has 0 spiro atoms. The lowest BCUT2D eigenvalue weighted by molar-refractivity contribution is -0.141. The lowest BCUT2D eigenvalue weighted by Crippen LogP contribution is -2.06. The molecule has 0 unspecified atom stereocenters. The van der Waals surface area contributed by atoms with Crippen LogP contribution in [0.15, 0.2) is 11.1 Å². The molecule has 1 aromatic heterocycles. The zero-order chi connectivity index (χ0) is 13.5. The molecule has 0 saturated carbocycles. The summed E-state index contributed by atoms with van der Waals surface area (Å²) in [6, 6.07) is 1.67. The maximum Gasteiger partial charge on any atom is 0.311 e. The molecule has 0 N–H and O–H groups in total. The molecule has 0 bridgehead atoms. The van der Waals surface area contributed by atoms with Crippen molar-refractivity contribution in [3.63, 3.8) is 0 Å². The van der Waals surface area contributed by atoms with Gasteiger partial charge in [-0.3, -0.25) is 4.79 Å². The molecule has 0 aromatic carbocycles. The highest BCUT2D eigenvalue weighted by atomic mass is 35.5. The van der Waals surface area contributed by atoms with Crippen LogP contribution in [-0.4, -0.2) is 28.6 Å². The molecule has 0 aliphatic carbocycles. The van der Waals surface area contributed by atoms with Gasteiger partial charge in [-0.15, -0.1) is 0 Å². The molecular weight excluding hydrogens is 254 g/mol. The number of nitrogens with zero attached hydrogens (tertiary/aromatic N) is 3. The highest BCUT2D eigenvalue weighted by Gasteiger charge is 2.07. The van der Waals surface area contributed by atoms with E-state index in [-0.39, 0.29) is 12.4 Å². The molecular formula is C12H18ClN3O2. The molecule has 0 atom stereocenters. The third kappa shape index (κ3) is 4.87. The summed E-state index contributed by atoms with van der Waals surface area (Å²) in [6.07, 6.45) is 1.67. The van der Waals surface area contributed by atoms with Crippen molar-refractivity contribution in [1.82, 2.24) is 9.78 Å². The van der Waals surface area contributed by atoms with Crippen molar-refractivity contribution in [2.75, 3.05) is 6.61 Å². The molecule has 1 rings (SSSR count). The second-order valence-corrected chi connectivity index (χ2v) is 4.61. The molecule has 0 amide bonds. The monoisotopic (exact) mass is 271 g/mol. The summed E-state index contributed by atoms with van der Waals surface area (Å²) in [5, 5.41) is 4.54. The first kappa shape index (κ1) is 14.7. The van der Waals surface area contributed by atoms with Gasteiger partial charge in [-0.1, -0.05) is 25.4 Å². The van der Waals surface area contributed by atoms with E-state index in [2.05, 4.69) is 23.9 Å². The van der Waals surface area contributed by atoms with Gasteiger partial charge in [0.05, 0.1) is 13.0 Å². The Hall–Kier alpha value is -1.36. The molecule has 18 heavy (non-hydrogen) atoms. The van der Waals surface area contributed by atoms with Crippen molar-refractivity contribution in [2.24, 2.45) is 10.9 Å². The predicted octanol–water partition coefficient (Wildman–Crippen LogP) is 2.85. The van der Waals surface area contributed by atoms with Crippen LogP contribution in [-0.2, 0) is 16.1 Å². The Balaban J connectivity index is 2.65. The minimum atomic E-state index is -0.290. The maximum atomic E-state index is 11.1. The fourth-order valence-corrected chi connectivity index (χ4v) is 1.58. The highest BCUT2D eigenvalue weighted by molar-refractivity contribution is 6.29. The number of carbonyl (C=O) groups is 1. The minimum absolute atomic E-state index is 0.151. The first-order valence-electron chi connectivity index (χ1n) is 5.94. The molecule has 0 saturated heterocycles. The van der Waals surface area contributed by atoms with E-state index in [0.717, 1.165) is 6.54 Å². The van der Waals surface area contributed by atoms with Gasteiger partial charge in [0, 0.05) is 18.8 Å². The molecule has 0 radical (unpaired) electrons. The van der Waals surface area contributed by atoms with E-state index in [0.29, 0.717) is 23.5 Å². The second kappa shape index (κ2) is 7.16. The van der Waals surface area contributed by atoms with Gasteiger partial charge in [-0.25, -0.2) is 9.67 Å². The number of aliphatic imine (C=N–C) groups is 1. The second-order valence-electron chi connectivity index (χ2n) is 4.22. The third-order valence-corrected chi connectivity index (χ3v) is 2.24. The average molecular weight is 272 g/mol. The Morgan fingerprint density at radius 1 is 1.67 bits per heavy atom. The van der Waals surface area contributed by atoms with Crippen molar-refractivity contribution in [3.8, 4) is 0 Å². The number of ether oxygens (including phenoxy) is 1. The maximum absolute atomic E-state index is 11.1. The molecule has 1 heterocycles. The van der Waals surface area contributed by atoms with Gasteiger partial charge in [0.25, 0.3) is 0 Å².